The second-order valence-corrected chi connectivity index (χ2v) is 5.90. The van der Waals surface area contributed by atoms with Crippen molar-refractivity contribution in [2.45, 2.75) is 13.3 Å². The van der Waals surface area contributed by atoms with Crippen LogP contribution in [0, 0.1) is 5.92 Å². The fourth-order valence-corrected chi connectivity index (χ4v) is 2.90. The number of hydrogen-bond donors (Lipinski definition) is 0. The van der Waals surface area contributed by atoms with Crippen LogP contribution in [0.4, 0.5) is 5.69 Å². The van der Waals surface area contributed by atoms with E-state index in [1.165, 1.54) is 7.11 Å². The number of nitrogens with zero attached hydrogens (tertiary/aromatic N) is 1. The highest BCUT2D eigenvalue weighted by atomic mass is 16.6. The lowest BCUT2D eigenvalue weighted by Gasteiger charge is -2.17. The van der Waals surface area contributed by atoms with Crippen LogP contribution >= 0.6 is 0 Å². The SMILES string of the molecule is CCOc1ccc(N2C[C@H](C(=O)Oc3ccccc3OC)CC2=O)cc1. The number of amides is 1. The first kappa shape index (κ1) is 17.8. The van der Waals surface area contributed by atoms with Gasteiger partial charge in [-0.2, -0.15) is 0 Å². The fraction of sp³-hybridized carbons (Fsp3) is 0.300. The first-order chi connectivity index (χ1) is 12.6. The smallest absolute Gasteiger partial charge is 0.316 e. The third-order valence-corrected chi connectivity index (χ3v) is 4.20. The number of carbonyl (C=O) groups excluding carboxylic acids is 2. The first-order valence-electron chi connectivity index (χ1n) is 8.50. The summed E-state index contributed by atoms with van der Waals surface area (Å²) >= 11 is 0. The van der Waals surface area contributed by atoms with Crippen LogP contribution < -0.4 is 19.1 Å². The van der Waals surface area contributed by atoms with Gasteiger partial charge in [0.2, 0.25) is 5.91 Å². The number of ether oxygens (including phenoxy) is 3. The molecule has 1 atom stereocenters. The Kier molecular flexibility index (Phi) is 5.41. The zero-order valence-corrected chi connectivity index (χ0v) is 14.8. The van der Waals surface area contributed by atoms with Gasteiger partial charge >= 0.3 is 5.97 Å². The summed E-state index contributed by atoms with van der Waals surface area (Å²) in [5, 5.41) is 0. The fourth-order valence-electron chi connectivity index (χ4n) is 2.90. The molecule has 1 aliphatic rings. The molecular weight excluding hydrogens is 334 g/mol. The molecule has 0 aliphatic carbocycles. The lowest BCUT2D eigenvalue weighted by molar-refractivity contribution is -0.139. The van der Waals surface area contributed by atoms with Gasteiger partial charge in [-0.05, 0) is 43.3 Å². The largest absolute Gasteiger partial charge is 0.494 e. The average molecular weight is 355 g/mol. The Hall–Kier alpha value is -3.02. The van der Waals surface area contributed by atoms with E-state index in [0.29, 0.717) is 24.7 Å². The molecule has 1 heterocycles. The van der Waals surface area contributed by atoms with Crippen molar-refractivity contribution in [1.82, 2.24) is 0 Å². The Labute approximate surface area is 152 Å². The minimum atomic E-state index is -0.515. The number of methoxy groups -OCH3 is 1. The molecule has 0 aromatic heterocycles. The second-order valence-electron chi connectivity index (χ2n) is 5.90. The predicted octanol–water partition coefficient (Wildman–Crippen LogP) is 3.05. The summed E-state index contributed by atoms with van der Waals surface area (Å²) in [6, 6.07) is 14.2. The van der Waals surface area contributed by atoms with E-state index in [4.69, 9.17) is 14.2 Å². The second kappa shape index (κ2) is 7.91. The summed E-state index contributed by atoms with van der Waals surface area (Å²) in [6.07, 6.45) is 0.126. The maximum Gasteiger partial charge on any atom is 0.316 e. The quantitative estimate of drug-likeness (QED) is 0.589. The normalized spacial score (nSPS) is 16.5. The number of benzene rings is 2. The van der Waals surface area contributed by atoms with Crippen LogP contribution in [0.15, 0.2) is 48.5 Å². The van der Waals surface area contributed by atoms with Crippen molar-refractivity contribution in [3.05, 3.63) is 48.5 Å². The molecule has 1 fully saturated rings. The zero-order chi connectivity index (χ0) is 18.5. The van der Waals surface area contributed by atoms with E-state index in [0.717, 1.165) is 11.4 Å². The molecule has 0 spiro atoms. The minimum absolute atomic E-state index is 0.101. The van der Waals surface area contributed by atoms with Crippen molar-refractivity contribution in [2.75, 3.05) is 25.2 Å². The van der Waals surface area contributed by atoms with Gasteiger partial charge < -0.3 is 19.1 Å². The summed E-state index contributed by atoms with van der Waals surface area (Å²) in [4.78, 5) is 26.4. The van der Waals surface area contributed by atoms with Crippen molar-refractivity contribution in [2.24, 2.45) is 5.92 Å². The molecular formula is C20H21NO5. The first-order valence-corrected chi connectivity index (χ1v) is 8.50. The molecule has 26 heavy (non-hydrogen) atoms. The molecule has 2 aromatic carbocycles. The molecule has 6 heteroatoms. The summed E-state index contributed by atoms with van der Waals surface area (Å²) in [5.74, 6) is 0.530. The number of anilines is 1. The van der Waals surface area contributed by atoms with Gasteiger partial charge in [-0.3, -0.25) is 9.59 Å². The zero-order valence-electron chi connectivity index (χ0n) is 14.8. The van der Waals surface area contributed by atoms with Crippen LogP contribution in [0.25, 0.3) is 0 Å². The van der Waals surface area contributed by atoms with Crippen molar-refractivity contribution >= 4 is 17.6 Å². The highest BCUT2D eigenvalue weighted by Crippen LogP contribution is 2.30. The van der Waals surface area contributed by atoms with E-state index in [-0.39, 0.29) is 12.3 Å². The lowest BCUT2D eigenvalue weighted by atomic mass is 10.1. The summed E-state index contributed by atoms with van der Waals surface area (Å²) in [7, 11) is 1.51. The molecule has 0 bridgehead atoms. The van der Waals surface area contributed by atoms with Gasteiger partial charge in [-0.1, -0.05) is 12.1 Å². The van der Waals surface area contributed by atoms with Crippen LogP contribution in [0.1, 0.15) is 13.3 Å². The molecule has 1 aliphatic heterocycles. The topological polar surface area (TPSA) is 65.1 Å². The van der Waals surface area contributed by atoms with Crippen molar-refractivity contribution in [1.29, 1.82) is 0 Å². The third kappa shape index (κ3) is 3.79. The molecule has 0 radical (unpaired) electrons. The average Bonchev–Trinajstić information content (AvgIpc) is 3.05. The molecule has 136 valence electrons. The third-order valence-electron chi connectivity index (χ3n) is 4.20. The van der Waals surface area contributed by atoms with Crippen LogP contribution in [0.5, 0.6) is 17.2 Å². The van der Waals surface area contributed by atoms with Crippen LogP contribution in [0.3, 0.4) is 0 Å². The monoisotopic (exact) mass is 355 g/mol. The van der Waals surface area contributed by atoms with Crippen LogP contribution in [-0.4, -0.2) is 32.1 Å². The summed E-state index contributed by atoms with van der Waals surface area (Å²) in [5.41, 5.74) is 0.742. The Balaban J connectivity index is 1.68. The Morgan fingerprint density at radius 1 is 1.12 bits per heavy atom. The van der Waals surface area contributed by atoms with Gasteiger partial charge in [-0.25, -0.2) is 0 Å². The van der Waals surface area contributed by atoms with Gasteiger partial charge in [0.15, 0.2) is 11.5 Å². The maximum absolute atomic E-state index is 12.5. The van der Waals surface area contributed by atoms with Crippen LogP contribution in [0.2, 0.25) is 0 Å². The molecule has 0 saturated carbocycles. The van der Waals surface area contributed by atoms with E-state index in [1.54, 1.807) is 29.2 Å². The maximum atomic E-state index is 12.5. The summed E-state index contributed by atoms with van der Waals surface area (Å²) < 4.78 is 16.0. The number of esters is 1. The van der Waals surface area contributed by atoms with Gasteiger partial charge in [0.05, 0.1) is 19.6 Å². The highest BCUT2D eigenvalue weighted by Gasteiger charge is 2.36. The summed E-state index contributed by atoms with van der Waals surface area (Å²) in [6.45, 7) is 2.79. The van der Waals surface area contributed by atoms with Gasteiger partial charge in [0.25, 0.3) is 0 Å². The molecule has 0 N–H and O–H groups in total. The molecule has 1 amide bonds. The molecule has 2 aromatic rings. The van der Waals surface area contributed by atoms with E-state index >= 15 is 0 Å². The van der Waals surface area contributed by atoms with E-state index in [2.05, 4.69) is 0 Å². The Morgan fingerprint density at radius 3 is 2.46 bits per heavy atom. The Morgan fingerprint density at radius 2 is 1.81 bits per heavy atom. The van der Waals surface area contributed by atoms with Gasteiger partial charge in [0.1, 0.15) is 5.75 Å². The van der Waals surface area contributed by atoms with Gasteiger partial charge in [-0.15, -0.1) is 0 Å². The number of rotatable bonds is 6. The minimum Gasteiger partial charge on any atom is -0.494 e. The van der Waals surface area contributed by atoms with Crippen molar-refractivity contribution in [3.8, 4) is 17.2 Å². The molecule has 1 saturated heterocycles. The number of carbonyl (C=O) groups is 2. The van der Waals surface area contributed by atoms with E-state index in [9.17, 15) is 9.59 Å². The Bertz CT molecular complexity index is 787. The molecule has 6 nitrogen and oxygen atoms in total. The van der Waals surface area contributed by atoms with E-state index < -0.39 is 11.9 Å². The van der Waals surface area contributed by atoms with Gasteiger partial charge in [0, 0.05) is 18.7 Å². The molecule has 0 unspecified atom stereocenters. The number of hydrogen-bond acceptors (Lipinski definition) is 5. The van der Waals surface area contributed by atoms with Crippen molar-refractivity contribution in [3.63, 3.8) is 0 Å². The molecule has 3 rings (SSSR count). The standard InChI is InChI=1S/C20H21NO5/c1-3-25-16-10-8-15(9-11-16)21-13-14(12-19(21)22)20(23)26-18-7-5-4-6-17(18)24-2/h4-11,14H,3,12-13H2,1-2H3/t14-/m1/s1. The lowest BCUT2D eigenvalue weighted by Crippen LogP contribution is -2.27. The predicted molar refractivity (Wildman–Crippen MR) is 96.7 cm³/mol. The van der Waals surface area contributed by atoms with Crippen molar-refractivity contribution < 1.29 is 23.8 Å². The van der Waals surface area contributed by atoms with E-state index in [1.807, 2.05) is 31.2 Å². The number of para-hydroxylation sites is 2. The highest BCUT2D eigenvalue weighted by molar-refractivity contribution is 5.99. The van der Waals surface area contributed by atoms with Crippen LogP contribution in [-0.2, 0) is 9.59 Å².